The molecule has 0 saturated heterocycles. The first-order valence-electron chi connectivity index (χ1n) is 8.88. The van der Waals surface area contributed by atoms with Gasteiger partial charge in [0.15, 0.2) is 0 Å². The summed E-state index contributed by atoms with van der Waals surface area (Å²) in [6.45, 7) is 3.60. The molecule has 0 aliphatic rings. The van der Waals surface area contributed by atoms with Crippen molar-refractivity contribution >= 4 is 29.1 Å². The molecule has 2 rings (SSSR count). The SMILES string of the molecule is C=CCC[C@@H](c1ccc(Cl)c(Cl)c1)N(C)C(=O)c1cc(C(F)(F)F)cc(C(F)(F)F)c1. The van der Waals surface area contributed by atoms with Gasteiger partial charge in [-0.15, -0.1) is 6.58 Å². The van der Waals surface area contributed by atoms with Gasteiger partial charge in [-0.1, -0.05) is 35.3 Å². The average Bonchev–Trinajstić information content (AvgIpc) is 2.68. The highest BCUT2D eigenvalue weighted by Gasteiger charge is 2.38. The van der Waals surface area contributed by atoms with E-state index in [1.54, 1.807) is 12.1 Å². The summed E-state index contributed by atoms with van der Waals surface area (Å²) in [6, 6.07) is 4.67. The van der Waals surface area contributed by atoms with Gasteiger partial charge in [0.05, 0.1) is 27.2 Å². The summed E-state index contributed by atoms with van der Waals surface area (Å²) in [5, 5.41) is 0.455. The van der Waals surface area contributed by atoms with Gasteiger partial charge in [0.25, 0.3) is 5.91 Å². The second-order valence-electron chi connectivity index (χ2n) is 6.77. The molecule has 31 heavy (non-hydrogen) atoms. The third kappa shape index (κ3) is 6.17. The summed E-state index contributed by atoms with van der Waals surface area (Å²) in [6.07, 6.45) is -7.79. The molecule has 0 aliphatic heterocycles. The molecule has 0 unspecified atom stereocenters. The van der Waals surface area contributed by atoms with Crippen LogP contribution >= 0.6 is 23.2 Å². The molecule has 0 heterocycles. The fourth-order valence-electron chi connectivity index (χ4n) is 3.00. The maximum absolute atomic E-state index is 13.1. The number of benzene rings is 2. The monoisotopic (exact) mass is 483 g/mol. The van der Waals surface area contributed by atoms with Crippen molar-refractivity contribution in [2.75, 3.05) is 7.05 Å². The lowest BCUT2D eigenvalue weighted by Crippen LogP contribution is -2.32. The van der Waals surface area contributed by atoms with Gasteiger partial charge in [-0.3, -0.25) is 4.79 Å². The van der Waals surface area contributed by atoms with Gasteiger partial charge in [0, 0.05) is 12.6 Å². The Morgan fingerprint density at radius 3 is 2.00 bits per heavy atom. The molecule has 0 bridgehead atoms. The molecule has 0 radical (unpaired) electrons. The minimum atomic E-state index is -5.05. The molecule has 2 aromatic carbocycles. The quantitative estimate of drug-likeness (QED) is 0.303. The van der Waals surface area contributed by atoms with Crippen molar-refractivity contribution in [2.45, 2.75) is 31.2 Å². The first-order valence-corrected chi connectivity index (χ1v) is 9.63. The normalized spacial score (nSPS) is 13.1. The molecule has 0 aromatic heterocycles. The molecule has 2 nitrogen and oxygen atoms in total. The third-order valence-corrected chi connectivity index (χ3v) is 5.33. The van der Waals surface area contributed by atoms with Crippen LogP contribution in [0.4, 0.5) is 26.3 Å². The summed E-state index contributed by atoms with van der Waals surface area (Å²) < 4.78 is 78.9. The van der Waals surface area contributed by atoms with Crippen LogP contribution in [0.15, 0.2) is 49.1 Å². The second-order valence-corrected chi connectivity index (χ2v) is 7.58. The number of rotatable bonds is 6. The standard InChI is InChI=1S/C21H17Cl2F6NO/c1-3-4-5-18(12-6-7-16(22)17(23)10-12)30(2)19(31)13-8-14(20(24,25)26)11-15(9-13)21(27,28)29/h3,6-11,18H,1,4-5H2,2H3/t18-/m0/s1. The second kappa shape index (κ2) is 9.53. The molecule has 10 heteroatoms. The number of hydrogen-bond donors (Lipinski definition) is 0. The molecule has 2 aromatic rings. The predicted octanol–water partition coefficient (Wildman–Crippen LogP) is 7.81. The Labute approximate surface area is 185 Å². The van der Waals surface area contributed by atoms with Crippen LogP contribution in [0.5, 0.6) is 0 Å². The highest BCUT2D eigenvalue weighted by atomic mass is 35.5. The van der Waals surface area contributed by atoms with Gasteiger partial charge in [0.1, 0.15) is 0 Å². The van der Waals surface area contributed by atoms with E-state index in [-0.39, 0.29) is 16.1 Å². The summed E-state index contributed by atoms with van der Waals surface area (Å²) in [4.78, 5) is 14.0. The van der Waals surface area contributed by atoms with E-state index in [1.807, 2.05) is 0 Å². The number of hydrogen-bond acceptors (Lipinski definition) is 1. The molecular formula is C21H17Cl2F6NO. The van der Waals surface area contributed by atoms with Crippen molar-refractivity contribution in [3.05, 3.63) is 81.4 Å². The molecule has 1 amide bonds. The predicted molar refractivity (Wildman–Crippen MR) is 107 cm³/mol. The maximum atomic E-state index is 13.1. The van der Waals surface area contributed by atoms with Crippen molar-refractivity contribution in [1.29, 1.82) is 0 Å². The van der Waals surface area contributed by atoms with E-state index >= 15 is 0 Å². The van der Waals surface area contributed by atoms with Gasteiger partial charge < -0.3 is 4.90 Å². The van der Waals surface area contributed by atoms with Gasteiger partial charge in [0.2, 0.25) is 0 Å². The summed E-state index contributed by atoms with van der Waals surface area (Å²) in [5.74, 6) is -1.00. The lowest BCUT2D eigenvalue weighted by molar-refractivity contribution is -0.143. The van der Waals surface area contributed by atoms with E-state index in [1.165, 1.54) is 19.2 Å². The highest BCUT2D eigenvalue weighted by molar-refractivity contribution is 6.42. The van der Waals surface area contributed by atoms with Crippen LogP contribution in [-0.2, 0) is 12.4 Å². The Bertz CT molecular complexity index is 939. The first-order chi connectivity index (χ1) is 14.3. The van der Waals surface area contributed by atoms with Crippen LogP contribution in [0, 0.1) is 0 Å². The fourth-order valence-corrected chi connectivity index (χ4v) is 3.31. The van der Waals surface area contributed by atoms with Gasteiger partial charge >= 0.3 is 12.4 Å². The van der Waals surface area contributed by atoms with E-state index in [0.29, 0.717) is 30.5 Å². The van der Waals surface area contributed by atoms with Crippen molar-refractivity contribution in [3.63, 3.8) is 0 Å². The van der Waals surface area contributed by atoms with E-state index in [2.05, 4.69) is 6.58 Å². The minimum Gasteiger partial charge on any atom is -0.335 e. The lowest BCUT2D eigenvalue weighted by atomic mass is 9.98. The lowest BCUT2D eigenvalue weighted by Gasteiger charge is -2.29. The van der Waals surface area contributed by atoms with Crippen LogP contribution in [0.2, 0.25) is 10.0 Å². The van der Waals surface area contributed by atoms with Crippen LogP contribution in [-0.4, -0.2) is 17.9 Å². The Kier molecular flexibility index (Phi) is 7.70. The van der Waals surface area contributed by atoms with Crippen molar-refractivity contribution in [2.24, 2.45) is 0 Å². The smallest absolute Gasteiger partial charge is 0.335 e. The molecule has 0 saturated carbocycles. The Hall–Kier alpha value is -2.19. The van der Waals surface area contributed by atoms with Gasteiger partial charge in [-0.25, -0.2) is 0 Å². The summed E-state index contributed by atoms with van der Waals surface area (Å²) >= 11 is 11.9. The largest absolute Gasteiger partial charge is 0.416 e. The molecule has 1 atom stereocenters. The van der Waals surface area contributed by atoms with Crippen molar-refractivity contribution < 1.29 is 31.1 Å². The van der Waals surface area contributed by atoms with E-state index < -0.39 is 41.0 Å². The average molecular weight is 484 g/mol. The molecule has 0 aliphatic carbocycles. The van der Waals surface area contributed by atoms with Crippen LogP contribution < -0.4 is 0 Å². The molecular weight excluding hydrogens is 467 g/mol. The number of allylic oxidation sites excluding steroid dienone is 1. The fraction of sp³-hybridized carbons (Fsp3) is 0.286. The van der Waals surface area contributed by atoms with E-state index in [9.17, 15) is 31.1 Å². The highest BCUT2D eigenvalue weighted by Crippen LogP contribution is 2.37. The van der Waals surface area contributed by atoms with Crippen LogP contribution in [0.1, 0.15) is 45.9 Å². The number of nitrogens with zero attached hydrogens (tertiary/aromatic N) is 1. The summed E-state index contributed by atoms with van der Waals surface area (Å²) in [5.41, 5.74) is -3.32. The number of halogens is 8. The van der Waals surface area contributed by atoms with Crippen LogP contribution in [0.3, 0.4) is 0 Å². The first kappa shape index (κ1) is 25.1. The van der Waals surface area contributed by atoms with Crippen molar-refractivity contribution in [1.82, 2.24) is 4.90 Å². The van der Waals surface area contributed by atoms with Gasteiger partial charge in [-0.05, 0) is 48.7 Å². The number of carbonyl (C=O) groups is 1. The number of carbonyl (C=O) groups excluding carboxylic acids is 1. The van der Waals surface area contributed by atoms with Crippen LogP contribution in [0.25, 0.3) is 0 Å². The minimum absolute atomic E-state index is 0.0229. The zero-order valence-electron chi connectivity index (χ0n) is 16.1. The Morgan fingerprint density at radius 2 is 1.55 bits per heavy atom. The third-order valence-electron chi connectivity index (χ3n) is 4.60. The molecule has 0 N–H and O–H groups in total. The maximum Gasteiger partial charge on any atom is 0.416 e. The summed E-state index contributed by atoms with van der Waals surface area (Å²) in [7, 11) is 1.30. The van der Waals surface area contributed by atoms with E-state index in [4.69, 9.17) is 23.2 Å². The van der Waals surface area contributed by atoms with Gasteiger partial charge in [-0.2, -0.15) is 26.3 Å². The van der Waals surface area contributed by atoms with Crippen molar-refractivity contribution in [3.8, 4) is 0 Å². The zero-order chi connectivity index (χ0) is 23.6. The Morgan fingerprint density at radius 1 is 1.00 bits per heavy atom. The Balaban J connectivity index is 2.52. The molecule has 0 spiro atoms. The number of alkyl halides is 6. The number of amides is 1. The molecule has 168 valence electrons. The molecule has 0 fully saturated rings. The zero-order valence-corrected chi connectivity index (χ0v) is 17.6. The topological polar surface area (TPSA) is 20.3 Å². The van der Waals surface area contributed by atoms with E-state index in [0.717, 1.165) is 4.90 Å².